The van der Waals surface area contributed by atoms with Gasteiger partial charge in [0.15, 0.2) is 0 Å². The van der Waals surface area contributed by atoms with Gasteiger partial charge in [0.25, 0.3) is 0 Å². The van der Waals surface area contributed by atoms with Crippen molar-refractivity contribution in [3.05, 3.63) is 0 Å². The molecule has 0 saturated heterocycles. The Morgan fingerprint density at radius 3 is 1.89 bits per heavy atom. The summed E-state index contributed by atoms with van der Waals surface area (Å²) >= 11 is 0. The molecule has 0 N–H and O–H groups in total. The molecule has 0 atom stereocenters. The van der Waals surface area contributed by atoms with Crippen LogP contribution in [0.5, 0.6) is 0 Å². The first-order valence-corrected chi connectivity index (χ1v) is 16.9. The van der Waals surface area contributed by atoms with Gasteiger partial charge >= 0.3 is 6.16 Å². The van der Waals surface area contributed by atoms with Crippen LogP contribution in [0.4, 0.5) is 4.79 Å². The molecule has 3 nitrogen and oxygen atoms in total. The predicted molar refractivity (Wildman–Crippen MR) is 156 cm³/mol. The van der Waals surface area contributed by atoms with Gasteiger partial charge in [0, 0.05) is 0 Å². The van der Waals surface area contributed by atoms with Crippen molar-refractivity contribution in [2.24, 2.45) is 29.6 Å². The minimum absolute atomic E-state index is 0.268. The zero-order chi connectivity index (χ0) is 26.3. The minimum atomic E-state index is -0.389. The fraction of sp³-hybridized carbons (Fsp3) is 0.971. The highest BCUT2D eigenvalue weighted by Crippen LogP contribution is 2.46. The van der Waals surface area contributed by atoms with Gasteiger partial charge in [-0.25, -0.2) is 4.79 Å². The molecular formula is C34H62O3. The fourth-order valence-corrected chi connectivity index (χ4v) is 7.82. The summed E-state index contributed by atoms with van der Waals surface area (Å²) in [5.41, 5.74) is -0.268. The number of hydrogen-bond donors (Lipinski definition) is 0. The van der Waals surface area contributed by atoms with Gasteiger partial charge in [-0.2, -0.15) is 0 Å². The highest BCUT2D eigenvalue weighted by Gasteiger charge is 2.42. The van der Waals surface area contributed by atoms with Crippen molar-refractivity contribution in [3.8, 4) is 0 Å². The van der Waals surface area contributed by atoms with E-state index in [1.165, 1.54) is 116 Å². The van der Waals surface area contributed by atoms with Crippen molar-refractivity contribution in [2.45, 2.75) is 174 Å². The van der Waals surface area contributed by atoms with Crippen LogP contribution >= 0.6 is 0 Å². The molecule has 0 aromatic rings. The monoisotopic (exact) mass is 518 g/mol. The number of carbonyl (C=O) groups excluding carboxylic acids is 1. The van der Waals surface area contributed by atoms with E-state index in [0.29, 0.717) is 6.61 Å². The quantitative estimate of drug-likeness (QED) is 0.160. The predicted octanol–water partition coefficient (Wildman–Crippen LogP) is 11.0. The summed E-state index contributed by atoms with van der Waals surface area (Å²) in [5.74, 6) is 4.47. The lowest BCUT2D eigenvalue weighted by Crippen LogP contribution is -2.41. The van der Waals surface area contributed by atoms with Crippen LogP contribution in [0.2, 0.25) is 0 Å². The smallest absolute Gasteiger partial charge is 0.434 e. The second-order valence-corrected chi connectivity index (χ2v) is 13.6. The third-order valence-electron chi connectivity index (χ3n) is 10.6. The Bertz CT molecular complexity index is 592. The van der Waals surface area contributed by atoms with Crippen LogP contribution in [0.15, 0.2) is 0 Å². The molecule has 0 spiro atoms. The molecule has 0 radical (unpaired) electrons. The number of carbonyl (C=O) groups is 1. The largest absolute Gasteiger partial charge is 0.508 e. The molecule has 0 unspecified atom stereocenters. The summed E-state index contributed by atoms with van der Waals surface area (Å²) in [4.78, 5) is 12.8. The second kappa shape index (κ2) is 17.1. The van der Waals surface area contributed by atoms with Gasteiger partial charge < -0.3 is 9.47 Å². The van der Waals surface area contributed by atoms with E-state index in [-0.39, 0.29) is 11.8 Å². The lowest BCUT2D eigenvalue weighted by atomic mass is 9.67. The zero-order valence-electron chi connectivity index (χ0n) is 25.1. The maximum Gasteiger partial charge on any atom is 0.508 e. The van der Waals surface area contributed by atoms with E-state index in [0.717, 1.165) is 61.7 Å². The average molecular weight is 519 g/mol. The minimum Gasteiger partial charge on any atom is -0.434 e. The molecule has 0 aromatic heterocycles. The lowest BCUT2D eigenvalue weighted by molar-refractivity contribution is -0.0751. The molecule has 3 heteroatoms. The summed E-state index contributed by atoms with van der Waals surface area (Å²) in [6, 6.07) is 0. The standard InChI is InChI=1S/C34H62O3/c1-4-6-8-9-11-27-36-33(35)37-34(24-21-30-17-15-29(16-18-30)12-10-7-5-2)25-22-32(23-26-34)31-19-13-28(3)14-20-31/h28-32H,4-27H2,1-3H3/t28?,29-,30-,31?,32?,34?. The summed E-state index contributed by atoms with van der Waals surface area (Å²) in [6.07, 6.45) is 29.2. The summed E-state index contributed by atoms with van der Waals surface area (Å²) in [5, 5.41) is 0. The Morgan fingerprint density at radius 2 is 1.24 bits per heavy atom. The van der Waals surface area contributed by atoms with E-state index in [4.69, 9.17) is 9.47 Å². The van der Waals surface area contributed by atoms with E-state index >= 15 is 0 Å². The molecule has 0 heterocycles. The molecule has 3 aliphatic carbocycles. The Hall–Kier alpha value is -0.730. The molecular weight excluding hydrogens is 456 g/mol. The van der Waals surface area contributed by atoms with E-state index in [1.807, 2.05) is 0 Å². The van der Waals surface area contributed by atoms with Gasteiger partial charge in [-0.05, 0) is 87.4 Å². The summed E-state index contributed by atoms with van der Waals surface area (Å²) < 4.78 is 11.9. The first-order valence-electron chi connectivity index (χ1n) is 16.9. The number of unbranched alkanes of at least 4 members (excludes halogenated alkanes) is 6. The van der Waals surface area contributed by atoms with Crippen LogP contribution in [0, 0.1) is 29.6 Å². The topological polar surface area (TPSA) is 35.5 Å². The fourth-order valence-electron chi connectivity index (χ4n) is 7.82. The Morgan fingerprint density at radius 1 is 0.676 bits per heavy atom. The highest BCUT2D eigenvalue weighted by molar-refractivity contribution is 5.60. The van der Waals surface area contributed by atoms with Crippen LogP contribution in [-0.4, -0.2) is 18.4 Å². The zero-order valence-corrected chi connectivity index (χ0v) is 25.1. The van der Waals surface area contributed by atoms with E-state index in [1.54, 1.807) is 0 Å². The van der Waals surface area contributed by atoms with Gasteiger partial charge in [-0.15, -0.1) is 0 Å². The average Bonchev–Trinajstić information content (AvgIpc) is 2.91. The van der Waals surface area contributed by atoms with Crippen LogP contribution in [-0.2, 0) is 9.47 Å². The molecule has 3 aliphatic rings. The molecule has 0 bridgehead atoms. The third-order valence-corrected chi connectivity index (χ3v) is 10.6. The molecule has 37 heavy (non-hydrogen) atoms. The van der Waals surface area contributed by atoms with E-state index in [2.05, 4.69) is 20.8 Å². The van der Waals surface area contributed by atoms with Gasteiger partial charge in [-0.3, -0.25) is 0 Å². The van der Waals surface area contributed by atoms with Crippen molar-refractivity contribution < 1.29 is 14.3 Å². The molecule has 3 saturated carbocycles. The van der Waals surface area contributed by atoms with Crippen LogP contribution in [0.3, 0.4) is 0 Å². The molecule has 216 valence electrons. The SMILES string of the molecule is CCCCCCCOC(=O)OC1(CC[C@H]2CC[C@H](CCCCC)CC2)CCC(C2CCC(C)CC2)CC1. The van der Waals surface area contributed by atoms with Crippen molar-refractivity contribution in [1.29, 1.82) is 0 Å². The molecule has 3 fully saturated rings. The van der Waals surface area contributed by atoms with Crippen LogP contribution in [0.1, 0.15) is 168 Å². The maximum atomic E-state index is 12.8. The normalized spacial score (nSPS) is 32.7. The van der Waals surface area contributed by atoms with Crippen LogP contribution < -0.4 is 0 Å². The highest BCUT2D eigenvalue weighted by atomic mass is 16.7. The summed E-state index contributed by atoms with van der Waals surface area (Å²) in [7, 11) is 0. The van der Waals surface area contributed by atoms with Crippen molar-refractivity contribution in [3.63, 3.8) is 0 Å². The van der Waals surface area contributed by atoms with Gasteiger partial charge in [0.05, 0.1) is 6.61 Å². The van der Waals surface area contributed by atoms with Crippen molar-refractivity contribution >= 4 is 6.16 Å². The molecule has 0 aliphatic heterocycles. The van der Waals surface area contributed by atoms with Crippen LogP contribution in [0.25, 0.3) is 0 Å². The lowest BCUT2D eigenvalue weighted by Gasteiger charge is -2.43. The summed E-state index contributed by atoms with van der Waals surface area (Å²) in [6.45, 7) is 7.48. The van der Waals surface area contributed by atoms with Crippen molar-refractivity contribution in [1.82, 2.24) is 0 Å². The molecule has 0 amide bonds. The third kappa shape index (κ3) is 11.1. The first kappa shape index (κ1) is 30.8. The van der Waals surface area contributed by atoms with E-state index in [9.17, 15) is 4.79 Å². The van der Waals surface area contributed by atoms with Gasteiger partial charge in [0.2, 0.25) is 0 Å². The van der Waals surface area contributed by atoms with Crippen molar-refractivity contribution in [2.75, 3.05) is 6.61 Å². The van der Waals surface area contributed by atoms with E-state index < -0.39 is 0 Å². The van der Waals surface area contributed by atoms with Gasteiger partial charge in [0.1, 0.15) is 5.60 Å². The number of hydrogen-bond acceptors (Lipinski definition) is 3. The Labute approximate surface area is 230 Å². The Balaban J connectivity index is 1.46. The number of rotatable bonds is 15. The first-order chi connectivity index (χ1) is 18.0. The second-order valence-electron chi connectivity index (χ2n) is 13.6. The molecule has 0 aromatic carbocycles. The molecule has 3 rings (SSSR count). The number of ether oxygens (including phenoxy) is 2. The Kier molecular flexibility index (Phi) is 14.2. The maximum absolute atomic E-state index is 12.8. The van der Waals surface area contributed by atoms with Gasteiger partial charge in [-0.1, -0.05) is 111 Å².